The molecule has 0 aliphatic carbocycles. The van der Waals surface area contributed by atoms with Crippen LogP contribution in [0.5, 0.6) is 0 Å². The van der Waals surface area contributed by atoms with Crippen molar-refractivity contribution in [1.29, 1.82) is 0 Å². The first-order valence-corrected chi connectivity index (χ1v) is 9.12. The van der Waals surface area contributed by atoms with Crippen LogP contribution < -0.4 is 16.0 Å². The predicted molar refractivity (Wildman–Crippen MR) is 106 cm³/mol. The van der Waals surface area contributed by atoms with E-state index in [9.17, 15) is 9.59 Å². The fraction of sp³-hybridized carbons (Fsp3) is 0.333. The molecule has 2 aromatic rings. The van der Waals surface area contributed by atoms with Crippen molar-refractivity contribution in [1.82, 2.24) is 5.32 Å². The lowest BCUT2D eigenvalue weighted by Crippen LogP contribution is -2.28. The number of hydrogen-bond acceptors (Lipinski definition) is 3. The van der Waals surface area contributed by atoms with Gasteiger partial charge in [-0.25, -0.2) is 0 Å². The standard InChI is InChI=1S/C21H27N3O2/c1-2-3-14-22-16-21(26)24-19-11-7-10-18(15-19)23-20(25)13-12-17-8-5-4-6-9-17/h4-11,15,22H,2-3,12-14,16H2,1H3,(H,23,25)(H,24,26). The van der Waals surface area contributed by atoms with Crippen LogP contribution in [0.4, 0.5) is 11.4 Å². The van der Waals surface area contributed by atoms with E-state index in [1.165, 1.54) is 0 Å². The molecule has 0 saturated heterocycles. The zero-order valence-electron chi connectivity index (χ0n) is 15.3. The monoisotopic (exact) mass is 353 g/mol. The second-order valence-corrected chi connectivity index (χ2v) is 6.19. The molecule has 2 rings (SSSR count). The van der Waals surface area contributed by atoms with Crippen molar-refractivity contribution in [3.05, 3.63) is 60.2 Å². The average molecular weight is 353 g/mol. The molecule has 0 aliphatic rings. The fourth-order valence-electron chi connectivity index (χ4n) is 2.51. The molecular weight excluding hydrogens is 326 g/mol. The van der Waals surface area contributed by atoms with E-state index >= 15 is 0 Å². The van der Waals surface area contributed by atoms with Crippen LogP contribution in [-0.4, -0.2) is 24.9 Å². The number of aryl methyl sites for hydroxylation is 1. The molecule has 5 heteroatoms. The largest absolute Gasteiger partial charge is 0.326 e. The van der Waals surface area contributed by atoms with Crippen LogP contribution >= 0.6 is 0 Å². The lowest BCUT2D eigenvalue weighted by Gasteiger charge is -2.09. The van der Waals surface area contributed by atoms with Gasteiger partial charge in [-0.15, -0.1) is 0 Å². The van der Waals surface area contributed by atoms with Gasteiger partial charge in [0.1, 0.15) is 0 Å². The molecule has 0 aliphatic heterocycles. The molecule has 138 valence electrons. The highest BCUT2D eigenvalue weighted by Gasteiger charge is 2.06. The maximum absolute atomic E-state index is 12.1. The first-order valence-electron chi connectivity index (χ1n) is 9.12. The minimum absolute atomic E-state index is 0.0430. The molecule has 0 fully saturated rings. The molecule has 0 bridgehead atoms. The molecular formula is C21H27N3O2. The first-order chi connectivity index (χ1) is 12.7. The Balaban J connectivity index is 1.78. The number of hydrogen-bond donors (Lipinski definition) is 3. The van der Waals surface area contributed by atoms with E-state index in [0.29, 0.717) is 24.2 Å². The summed E-state index contributed by atoms with van der Waals surface area (Å²) in [4.78, 5) is 24.0. The van der Waals surface area contributed by atoms with Gasteiger partial charge in [0.2, 0.25) is 11.8 Å². The third kappa shape index (κ3) is 7.49. The number of carbonyl (C=O) groups excluding carboxylic acids is 2. The van der Waals surface area contributed by atoms with Crippen molar-refractivity contribution in [3.8, 4) is 0 Å². The normalized spacial score (nSPS) is 10.3. The minimum atomic E-state index is -0.0892. The molecule has 2 aromatic carbocycles. The second-order valence-electron chi connectivity index (χ2n) is 6.19. The topological polar surface area (TPSA) is 70.2 Å². The third-order valence-electron chi connectivity index (χ3n) is 3.91. The van der Waals surface area contributed by atoms with Crippen LogP contribution in [0, 0.1) is 0 Å². The van der Waals surface area contributed by atoms with Gasteiger partial charge in [-0.1, -0.05) is 49.7 Å². The van der Waals surface area contributed by atoms with Crippen LogP contribution in [0.25, 0.3) is 0 Å². The molecule has 5 nitrogen and oxygen atoms in total. The van der Waals surface area contributed by atoms with Crippen molar-refractivity contribution in [2.75, 3.05) is 23.7 Å². The van der Waals surface area contributed by atoms with Crippen molar-refractivity contribution < 1.29 is 9.59 Å². The summed E-state index contributed by atoms with van der Waals surface area (Å²) in [6.45, 7) is 3.23. The molecule has 0 atom stereocenters. The summed E-state index contributed by atoms with van der Waals surface area (Å²) in [6, 6.07) is 17.1. The first kappa shape index (κ1) is 19.7. The quantitative estimate of drug-likeness (QED) is 0.572. The Labute approximate surface area is 155 Å². The molecule has 0 unspecified atom stereocenters. The van der Waals surface area contributed by atoms with Crippen LogP contribution in [0.15, 0.2) is 54.6 Å². The Morgan fingerprint density at radius 3 is 2.27 bits per heavy atom. The number of carbonyl (C=O) groups is 2. The van der Waals surface area contributed by atoms with Gasteiger partial charge in [0, 0.05) is 17.8 Å². The Bertz CT molecular complexity index is 701. The van der Waals surface area contributed by atoms with Gasteiger partial charge in [-0.2, -0.15) is 0 Å². The number of benzene rings is 2. The zero-order chi connectivity index (χ0) is 18.6. The fourth-order valence-corrected chi connectivity index (χ4v) is 2.51. The van der Waals surface area contributed by atoms with E-state index in [2.05, 4.69) is 22.9 Å². The number of unbranched alkanes of at least 4 members (excludes halogenated alkanes) is 1. The van der Waals surface area contributed by atoms with E-state index in [4.69, 9.17) is 0 Å². The molecule has 0 spiro atoms. The maximum atomic E-state index is 12.1. The molecule has 0 aromatic heterocycles. The van der Waals surface area contributed by atoms with Crippen molar-refractivity contribution >= 4 is 23.2 Å². The van der Waals surface area contributed by atoms with Crippen LogP contribution in [0.2, 0.25) is 0 Å². The van der Waals surface area contributed by atoms with E-state index in [0.717, 1.165) is 24.9 Å². The minimum Gasteiger partial charge on any atom is -0.326 e. The summed E-state index contributed by atoms with van der Waals surface area (Å²) in [7, 11) is 0. The highest BCUT2D eigenvalue weighted by molar-refractivity contribution is 5.94. The highest BCUT2D eigenvalue weighted by Crippen LogP contribution is 2.15. The van der Waals surface area contributed by atoms with Gasteiger partial charge < -0.3 is 16.0 Å². The Kier molecular flexibility index (Phi) is 8.36. The number of anilines is 2. The van der Waals surface area contributed by atoms with Crippen molar-refractivity contribution in [2.24, 2.45) is 0 Å². The lowest BCUT2D eigenvalue weighted by atomic mass is 10.1. The van der Waals surface area contributed by atoms with Gasteiger partial charge in [-0.3, -0.25) is 9.59 Å². The average Bonchev–Trinajstić information content (AvgIpc) is 2.65. The SMILES string of the molecule is CCCCNCC(=O)Nc1cccc(NC(=O)CCc2ccccc2)c1. The summed E-state index contributed by atoms with van der Waals surface area (Å²) < 4.78 is 0. The zero-order valence-corrected chi connectivity index (χ0v) is 15.3. The Morgan fingerprint density at radius 2 is 1.58 bits per heavy atom. The summed E-state index contributed by atoms with van der Waals surface area (Å²) >= 11 is 0. The van der Waals surface area contributed by atoms with Crippen molar-refractivity contribution in [2.45, 2.75) is 32.6 Å². The van der Waals surface area contributed by atoms with Gasteiger partial charge in [0.05, 0.1) is 6.54 Å². The highest BCUT2D eigenvalue weighted by atomic mass is 16.2. The number of rotatable bonds is 10. The van der Waals surface area contributed by atoms with E-state index in [-0.39, 0.29) is 18.4 Å². The number of amides is 2. The van der Waals surface area contributed by atoms with E-state index < -0.39 is 0 Å². The maximum Gasteiger partial charge on any atom is 0.238 e. The lowest BCUT2D eigenvalue weighted by molar-refractivity contribution is -0.116. The Hall–Kier alpha value is -2.66. The molecule has 3 N–H and O–H groups in total. The van der Waals surface area contributed by atoms with Crippen LogP contribution in [0.1, 0.15) is 31.7 Å². The third-order valence-corrected chi connectivity index (χ3v) is 3.91. The van der Waals surface area contributed by atoms with Gasteiger partial charge in [-0.05, 0) is 43.1 Å². The summed E-state index contributed by atoms with van der Waals surface area (Å²) in [5.74, 6) is -0.132. The summed E-state index contributed by atoms with van der Waals surface area (Å²) in [5.41, 5.74) is 2.49. The predicted octanol–water partition coefficient (Wildman–Crippen LogP) is 3.59. The number of nitrogens with one attached hydrogen (secondary N) is 3. The smallest absolute Gasteiger partial charge is 0.238 e. The van der Waals surface area contributed by atoms with Gasteiger partial charge >= 0.3 is 0 Å². The summed E-state index contributed by atoms with van der Waals surface area (Å²) in [6.07, 6.45) is 3.27. The Morgan fingerprint density at radius 1 is 0.885 bits per heavy atom. The molecule has 26 heavy (non-hydrogen) atoms. The van der Waals surface area contributed by atoms with E-state index in [1.54, 1.807) is 6.07 Å². The van der Waals surface area contributed by atoms with Crippen molar-refractivity contribution in [3.63, 3.8) is 0 Å². The molecule has 0 radical (unpaired) electrons. The van der Waals surface area contributed by atoms with Crippen LogP contribution in [0.3, 0.4) is 0 Å². The molecule has 0 heterocycles. The second kappa shape index (κ2) is 11.1. The molecule has 0 saturated carbocycles. The van der Waals surface area contributed by atoms with E-state index in [1.807, 2.05) is 48.5 Å². The van der Waals surface area contributed by atoms with Crippen LogP contribution in [-0.2, 0) is 16.0 Å². The molecule has 2 amide bonds. The summed E-state index contributed by atoms with van der Waals surface area (Å²) in [5, 5.41) is 8.82. The van der Waals surface area contributed by atoms with Gasteiger partial charge in [0.15, 0.2) is 0 Å². The van der Waals surface area contributed by atoms with Gasteiger partial charge in [0.25, 0.3) is 0 Å².